The van der Waals surface area contributed by atoms with Gasteiger partial charge < -0.3 is 5.32 Å². The molecule has 1 saturated heterocycles. The maximum absolute atomic E-state index is 12.4. The molecule has 1 rings (SSSR count). The van der Waals surface area contributed by atoms with Crippen LogP contribution in [-0.2, 0) is 15.8 Å². The summed E-state index contributed by atoms with van der Waals surface area (Å²) in [5, 5.41) is 2.78. The van der Waals surface area contributed by atoms with Gasteiger partial charge in [0.25, 0.3) is 0 Å². The second-order valence-electron chi connectivity index (χ2n) is 5.78. The van der Waals surface area contributed by atoms with E-state index in [9.17, 15) is 9.00 Å². The highest BCUT2D eigenvalue weighted by atomic mass is 32.2. The zero-order valence-electron chi connectivity index (χ0n) is 12.9. The van der Waals surface area contributed by atoms with Crippen LogP contribution in [0.3, 0.4) is 0 Å². The number of nitrogens with one attached hydrogen (secondary N) is 2. The summed E-state index contributed by atoms with van der Waals surface area (Å²) >= 11 is 3.35. The topological polar surface area (TPSA) is 58.2 Å². The van der Waals surface area contributed by atoms with Crippen molar-refractivity contribution in [2.24, 2.45) is 0 Å². The summed E-state index contributed by atoms with van der Waals surface area (Å²) in [6.07, 6.45) is 1.80. The van der Waals surface area contributed by atoms with Gasteiger partial charge in [0.2, 0.25) is 5.91 Å². The van der Waals surface area contributed by atoms with Crippen molar-refractivity contribution in [3.8, 4) is 0 Å². The van der Waals surface area contributed by atoms with Crippen molar-refractivity contribution in [2.45, 2.75) is 55.4 Å². The molecule has 1 aliphatic rings. The van der Waals surface area contributed by atoms with Crippen molar-refractivity contribution >= 4 is 40.4 Å². The van der Waals surface area contributed by atoms with Crippen LogP contribution >= 0.6 is 23.5 Å². The van der Waals surface area contributed by atoms with Crippen LogP contribution in [0.4, 0.5) is 0 Å². The van der Waals surface area contributed by atoms with Gasteiger partial charge in [-0.15, -0.1) is 23.5 Å². The fourth-order valence-corrected chi connectivity index (χ4v) is 6.40. The monoisotopic (exact) mass is 338 g/mol. The van der Waals surface area contributed by atoms with E-state index in [2.05, 4.69) is 17.0 Å². The van der Waals surface area contributed by atoms with Crippen molar-refractivity contribution in [1.29, 1.82) is 0 Å². The van der Waals surface area contributed by atoms with E-state index in [1.54, 1.807) is 30.6 Å². The molecule has 2 N–H and O–H groups in total. The number of carbonyl (C=O) groups excluding carboxylic acids is 1. The molecule has 0 aromatic carbocycles. The third-order valence-corrected chi connectivity index (χ3v) is 8.29. The molecular formula is C13H26N2O2S3. The maximum Gasteiger partial charge on any atom is 0.247 e. The van der Waals surface area contributed by atoms with Crippen molar-refractivity contribution in [3.63, 3.8) is 0 Å². The highest BCUT2D eigenvalue weighted by molar-refractivity contribution is 8.22. The Labute approximate surface area is 133 Å². The molecule has 118 valence electrons. The summed E-state index contributed by atoms with van der Waals surface area (Å²) in [6, 6.07) is -0.0787. The third-order valence-electron chi connectivity index (χ3n) is 3.10. The molecule has 0 saturated carbocycles. The van der Waals surface area contributed by atoms with Gasteiger partial charge in [0, 0.05) is 18.6 Å². The minimum atomic E-state index is -1.17. The van der Waals surface area contributed by atoms with Gasteiger partial charge in [-0.25, -0.2) is 8.93 Å². The molecule has 1 amide bonds. The van der Waals surface area contributed by atoms with E-state index in [1.807, 2.05) is 20.8 Å². The molecule has 0 aromatic rings. The molecule has 1 aliphatic heterocycles. The molecule has 0 aromatic heterocycles. The molecule has 0 bridgehead atoms. The van der Waals surface area contributed by atoms with E-state index >= 15 is 0 Å². The van der Waals surface area contributed by atoms with Gasteiger partial charge in [0.15, 0.2) is 4.08 Å². The number of hydrogen-bond acceptors (Lipinski definition) is 4. The number of carbonyl (C=O) groups is 1. The summed E-state index contributed by atoms with van der Waals surface area (Å²) in [5.41, 5.74) is 0. The molecule has 0 spiro atoms. The van der Waals surface area contributed by atoms with Crippen molar-refractivity contribution in [3.05, 3.63) is 0 Å². The lowest BCUT2D eigenvalue weighted by molar-refractivity contribution is -0.121. The van der Waals surface area contributed by atoms with E-state index in [0.29, 0.717) is 0 Å². The molecule has 0 aliphatic carbocycles. The van der Waals surface area contributed by atoms with Crippen LogP contribution in [0.2, 0.25) is 0 Å². The molecule has 4 nitrogen and oxygen atoms in total. The summed E-state index contributed by atoms with van der Waals surface area (Å²) < 4.78 is 14.8. The second kappa shape index (κ2) is 7.51. The number of amides is 1. The van der Waals surface area contributed by atoms with Crippen LogP contribution in [0.25, 0.3) is 0 Å². The molecule has 7 heteroatoms. The van der Waals surface area contributed by atoms with Crippen LogP contribution in [-0.4, -0.2) is 43.5 Å². The molecule has 0 radical (unpaired) electrons. The van der Waals surface area contributed by atoms with Gasteiger partial charge in [0.05, 0.1) is 21.8 Å². The largest absolute Gasteiger partial charge is 0.357 e. The first-order valence-electron chi connectivity index (χ1n) is 6.96. The number of thioether (sulfide) groups is 2. The van der Waals surface area contributed by atoms with Gasteiger partial charge in [0.1, 0.15) is 0 Å². The van der Waals surface area contributed by atoms with Crippen LogP contribution < -0.4 is 10.0 Å². The third kappa shape index (κ3) is 4.15. The van der Waals surface area contributed by atoms with Crippen LogP contribution in [0.1, 0.15) is 40.5 Å². The lowest BCUT2D eigenvalue weighted by Crippen LogP contribution is -2.56. The van der Waals surface area contributed by atoms with Crippen LogP contribution in [0.5, 0.6) is 0 Å². The average Bonchev–Trinajstić information content (AvgIpc) is 2.86. The van der Waals surface area contributed by atoms with Gasteiger partial charge in [-0.3, -0.25) is 4.79 Å². The average molecular weight is 339 g/mol. The van der Waals surface area contributed by atoms with Gasteiger partial charge in [-0.05, 0) is 27.2 Å². The Morgan fingerprint density at radius 3 is 2.30 bits per heavy atom. The first-order chi connectivity index (χ1) is 9.28. The first kappa shape index (κ1) is 18.3. The molecule has 20 heavy (non-hydrogen) atoms. The molecule has 1 fully saturated rings. The minimum Gasteiger partial charge on any atom is -0.357 e. The van der Waals surface area contributed by atoms with E-state index in [1.165, 1.54) is 0 Å². The van der Waals surface area contributed by atoms with Crippen LogP contribution in [0, 0.1) is 0 Å². The highest BCUT2D eigenvalue weighted by Crippen LogP contribution is 2.48. The summed E-state index contributed by atoms with van der Waals surface area (Å²) in [4.78, 5) is 12.4. The predicted molar refractivity (Wildman–Crippen MR) is 91.4 cm³/mol. The molecule has 2 unspecified atom stereocenters. The highest BCUT2D eigenvalue weighted by Gasteiger charge is 2.49. The molecular weight excluding hydrogens is 312 g/mol. The van der Waals surface area contributed by atoms with Crippen LogP contribution in [0.15, 0.2) is 0 Å². The van der Waals surface area contributed by atoms with E-state index in [4.69, 9.17) is 0 Å². The normalized spacial score (nSPS) is 21.4. The first-order valence-corrected chi connectivity index (χ1v) is 10.1. The Balaban J connectivity index is 2.97. The quantitative estimate of drug-likeness (QED) is 0.779. The summed E-state index contributed by atoms with van der Waals surface area (Å²) in [6.45, 7) is 7.93. The predicted octanol–water partition coefficient (Wildman–Crippen LogP) is 2.13. The second-order valence-corrected chi connectivity index (χ2v) is 10.7. The Morgan fingerprint density at radius 1 is 1.35 bits per heavy atom. The Morgan fingerprint density at radius 2 is 1.90 bits per heavy atom. The Bertz CT molecular complexity index is 363. The zero-order chi connectivity index (χ0) is 15.4. The van der Waals surface area contributed by atoms with Crippen molar-refractivity contribution in [1.82, 2.24) is 10.0 Å². The smallest absolute Gasteiger partial charge is 0.247 e. The Kier molecular flexibility index (Phi) is 6.89. The summed E-state index contributed by atoms with van der Waals surface area (Å²) in [5.74, 6) is 1.95. The molecule has 2 atom stereocenters. The van der Waals surface area contributed by atoms with Gasteiger partial charge in [-0.2, -0.15) is 0 Å². The number of hydrogen-bond donors (Lipinski definition) is 2. The van der Waals surface area contributed by atoms with Gasteiger partial charge >= 0.3 is 0 Å². The maximum atomic E-state index is 12.4. The SMILES string of the molecule is CCCC(NS(=O)C(C)(C)C)C1(C(=O)NC)SCCS1. The lowest BCUT2D eigenvalue weighted by Gasteiger charge is -2.35. The standard InChI is InChI=1S/C13H26N2O2S3/c1-6-7-10(15-20(17)12(2,3)4)13(11(16)14-5)18-8-9-19-13/h10,15H,6-9H2,1-5H3,(H,14,16). The van der Waals surface area contributed by atoms with Crippen molar-refractivity contribution in [2.75, 3.05) is 18.6 Å². The fourth-order valence-electron chi connectivity index (χ4n) is 2.01. The molecule has 1 heterocycles. The summed E-state index contributed by atoms with van der Waals surface area (Å²) in [7, 11) is 0.508. The van der Waals surface area contributed by atoms with E-state index in [0.717, 1.165) is 24.3 Å². The van der Waals surface area contributed by atoms with E-state index in [-0.39, 0.29) is 16.7 Å². The lowest BCUT2D eigenvalue weighted by atomic mass is 10.1. The Hall–Kier alpha value is 0.280. The van der Waals surface area contributed by atoms with Crippen molar-refractivity contribution < 1.29 is 9.00 Å². The fraction of sp³-hybridized carbons (Fsp3) is 0.923. The minimum absolute atomic E-state index is 0.0295. The number of rotatable bonds is 6. The van der Waals surface area contributed by atoms with Gasteiger partial charge in [-0.1, -0.05) is 13.3 Å². The zero-order valence-corrected chi connectivity index (χ0v) is 15.4. The van der Waals surface area contributed by atoms with E-state index < -0.39 is 15.1 Å².